The fourth-order valence-electron chi connectivity index (χ4n) is 1.12. The standard InChI is InChI=1S/C10H15FN2O2S/c1-13(2)7-6-12-16(14,15)10-5-3-4-9(11)8-10/h3-5,8,12H,6-7H2,1-2H3. The smallest absolute Gasteiger partial charge is 0.240 e. The maximum Gasteiger partial charge on any atom is 0.240 e. The van der Waals surface area contributed by atoms with Crippen molar-refractivity contribution in [1.82, 2.24) is 9.62 Å². The first kappa shape index (κ1) is 13.1. The molecule has 6 heteroatoms. The average Bonchev–Trinajstić information content (AvgIpc) is 2.16. The minimum atomic E-state index is -3.60. The van der Waals surface area contributed by atoms with E-state index in [9.17, 15) is 12.8 Å². The maximum atomic E-state index is 12.8. The van der Waals surface area contributed by atoms with Gasteiger partial charge in [-0.15, -0.1) is 0 Å². The van der Waals surface area contributed by atoms with Crippen LogP contribution in [0.15, 0.2) is 29.2 Å². The fraction of sp³-hybridized carbons (Fsp3) is 0.400. The van der Waals surface area contributed by atoms with Crippen LogP contribution >= 0.6 is 0 Å². The largest absolute Gasteiger partial charge is 0.308 e. The molecule has 1 N–H and O–H groups in total. The van der Waals surface area contributed by atoms with E-state index in [-0.39, 0.29) is 4.90 Å². The number of hydrogen-bond donors (Lipinski definition) is 1. The van der Waals surface area contributed by atoms with Crippen LogP contribution < -0.4 is 4.72 Å². The molecule has 0 aromatic heterocycles. The van der Waals surface area contributed by atoms with Gasteiger partial charge in [0.25, 0.3) is 0 Å². The van der Waals surface area contributed by atoms with Crippen LogP contribution in [0.3, 0.4) is 0 Å². The summed E-state index contributed by atoms with van der Waals surface area (Å²) >= 11 is 0. The average molecular weight is 246 g/mol. The van der Waals surface area contributed by atoms with Crippen LogP contribution in [-0.2, 0) is 10.0 Å². The van der Waals surface area contributed by atoms with Gasteiger partial charge in [0.2, 0.25) is 10.0 Å². The molecule has 0 bridgehead atoms. The molecule has 0 amide bonds. The van der Waals surface area contributed by atoms with E-state index < -0.39 is 15.8 Å². The van der Waals surface area contributed by atoms with Gasteiger partial charge in [-0.3, -0.25) is 0 Å². The Bertz CT molecular complexity index is 446. The van der Waals surface area contributed by atoms with Gasteiger partial charge < -0.3 is 4.90 Å². The molecule has 0 heterocycles. The van der Waals surface area contributed by atoms with Gasteiger partial charge in [-0.2, -0.15) is 0 Å². The van der Waals surface area contributed by atoms with Gasteiger partial charge >= 0.3 is 0 Å². The molecule has 4 nitrogen and oxygen atoms in total. The van der Waals surface area contributed by atoms with Crippen molar-refractivity contribution in [2.45, 2.75) is 4.90 Å². The molecule has 1 rings (SSSR count). The second-order valence-corrected chi connectivity index (χ2v) is 5.43. The van der Waals surface area contributed by atoms with Crippen LogP contribution in [0.4, 0.5) is 4.39 Å². The van der Waals surface area contributed by atoms with Gasteiger partial charge in [0.05, 0.1) is 4.90 Å². The third-order valence-corrected chi connectivity index (χ3v) is 3.42. The van der Waals surface area contributed by atoms with Crippen molar-refractivity contribution >= 4 is 10.0 Å². The van der Waals surface area contributed by atoms with E-state index in [1.807, 2.05) is 19.0 Å². The Hall–Kier alpha value is -0.980. The van der Waals surface area contributed by atoms with Crippen molar-refractivity contribution < 1.29 is 12.8 Å². The SMILES string of the molecule is CN(C)CCNS(=O)(=O)c1cccc(F)c1. The van der Waals surface area contributed by atoms with E-state index in [1.165, 1.54) is 18.2 Å². The molecule has 0 radical (unpaired) electrons. The molecule has 0 spiro atoms. The lowest BCUT2D eigenvalue weighted by molar-refractivity contribution is 0.412. The molecule has 0 aliphatic heterocycles. The number of rotatable bonds is 5. The highest BCUT2D eigenvalue weighted by Crippen LogP contribution is 2.09. The molecular formula is C10H15FN2O2S. The van der Waals surface area contributed by atoms with Gasteiger partial charge in [-0.05, 0) is 32.3 Å². The van der Waals surface area contributed by atoms with E-state index >= 15 is 0 Å². The molecule has 1 aromatic rings. The molecule has 0 atom stereocenters. The van der Waals surface area contributed by atoms with Crippen molar-refractivity contribution in [3.05, 3.63) is 30.1 Å². The van der Waals surface area contributed by atoms with Crippen molar-refractivity contribution in [3.63, 3.8) is 0 Å². The lowest BCUT2D eigenvalue weighted by Crippen LogP contribution is -2.31. The monoisotopic (exact) mass is 246 g/mol. The minimum absolute atomic E-state index is 0.0498. The topological polar surface area (TPSA) is 49.4 Å². The number of sulfonamides is 1. The molecule has 90 valence electrons. The molecular weight excluding hydrogens is 231 g/mol. The van der Waals surface area contributed by atoms with Gasteiger partial charge in [0.15, 0.2) is 0 Å². The molecule has 0 fully saturated rings. The molecule has 16 heavy (non-hydrogen) atoms. The van der Waals surface area contributed by atoms with E-state index in [0.29, 0.717) is 13.1 Å². The summed E-state index contributed by atoms with van der Waals surface area (Å²) in [5, 5.41) is 0. The minimum Gasteiger partial charge on any atom is -0.308 e. The number of likely N-dealkylation sites (N-methyl/N-ethyl adjacent to an activating group) is 1. The summed E-state index contributed by atoms with van der Waals surface area (Å²) in [6, 6.07) is 4.94. The Morgan fingerprint density at radius 3 is 2.62 bits per heavy atom. The first-order valence-corrected chi connectivity index (χ1v) is 6.30. The van der Waals surface area contributed by atoms with E-state index in [2.05, 4.69) is 4.72 Å². The highest BCUT2D eigenvalue weighted by Gasteiger charge is 2.13. The highest BCUT2D eigenvalue weighted by molar-refractivity contribution is 7.89. The number of nitrogens with zero attached hydrogens (tertiary/aromatic N) is 1. The Labute approximate surface area is 95.1 Å². The molecule has 0 saturated heterocycles. The van der Waals surface area contributed by atoms with Gasteiger partial charge in [0, 0.05) is 13.1 Å². The highest BCUT2D eigenvalue weighted by atomic mass is 32.2. The Balaban J connectivity index is 2.71. The number of benzene rings is 1. The van der Waals surface area contributed by atoms with Crippen LogP contribution in [0.5, 0.6) is 0 Å². The lowest BCUT2D eigenvalue weighted by atomic mass is 10.4. The zero-order valence-corrected chi connectivity index (χ0v) is 10.1. The summed E-state index contributed by atoms with van der Waals surface area (Å²) in [5.41, 5.74) is 0. The Morgan fingerprint density at radius 2 is 2.06 bits per heavy atom. The Morgan fingerprint density at radius 1 is 1.38 bits per heavy atom. The summed E-state index contributed by atoms with van der Waals surface area (Å²) in [4.78, 5) is 1.81. The normalized spacial score (nSPS) is 12.0. The lowest BCUT2D eigenvalue weighted by Gasteiger charge is -2.10. The second-order valence-electron chi connectivity index (χ2n) is 3.66. The summed E-state index contributed by atoms with van der Waals surface area (Å²) in [5.74, 6) is -0.560. The molecule has 0 aliphatic carbocycles. The van der Waals surface area contributed by atoms with Gasteiger partial charge in [0.1, 0.15) is 5.82 Å². The van der Waals surface area contributed by atoms with Crippen LogP contribution in [0.25, 0.3) is 0 Å². The van der Waals surface area contributed by atoms with Crippen molar-refractivity contribution in [2.24, 2.45) is 0 Å². The van der Waals surface area contributed by atoms with Crippen molar-refractivity contribution in [2.75, 3.05) is 27.2 Å². The molecule has 0 unspecified atom stereocenters. The van der Waals surface area contributed by atoms with E-state index in [4.69, 9.17) is 0 Å². The summed E-state index contributed by atoms with van der Waals surface area (Å²) in [6.07, 6.45) is 0. The van der Waals surface area contributed by atoms with E-state index in [1.54, 1.807) is 0 Å². The number of nitrogens with one attached hydrogen (secondary N) is 1. The Kier molecular flexibility index (Phi) is 4.40. The maximum absolute atomic E-state index is 12.8. The molecule has 0 saturated carbocycles. The zero-order valence-electron chi connectivity index (χ0n) is 9.27. The fourth-order valence-corrected chi connectivity index (χ4v) is 2.17. The number of hydrogen-bond acceptors (Lipinski definition) is 3. The van der Waals surface area contributed by atoms with Gasteiger partial charge in [-0.25, -0.2) is 17.5 Å². The predicted octanol–water partition coefficient (Wildman–Crippen LogP) is 0.666. The summed E-state index contributed by atoms with van der Waals surface area (Å²) < 4.78 is 38.6. The summed E-state index contributed by atoms with van der Waals surface area (Å²) in [7, 11) is 0.0924. The van der Waals surface area contributed by atoms with Crippen LogP contribution in [-0.4, -0.2) is 40.5 Å². The second kappa shape index (κ2) is 5.38. The predicted molar refractivity (Wildman–Crippen MR) is 60.1 cm³/mol. The van der Waals surface area contributed by atoms with E-state index in [0.717, 1.165) is 6.07 Å². The van der Waals surface area contributed by atoms with Crippen molar-refractivity contribution in [1.29, 1.82) is 0 Å². The van der Waals surface area contributed by atoms with Crippen molar-refractivity contribution in [3.8, 4) is 0 Å². The quantitative estimate of drug-likeness (QED) is 0.830. The third kappa shape index (κ3) is 3.88. The van der Waals surface area contributed by atoms with Crippen LogP contribution in [0, 0.1) is 5.82 Å². The first-order valence-electron chi connectivity index (χ1n) is 4.82. The van der Waals surface area contributed by atoms with Gasteiger partial charge in [-0.1, -0.05) is 6.07 Å². The van der Waals surface area contributed by atoms with Crippen LogP contribution in [0.1, 0.15) is 0 Å². The number of halogens is 1. The molecule has 1 aromatic carbocycles. The third-order valence-electron chi connectivity index (χ3n) is 1.96. The van der Waals surface area contributed by atoms with Crippen LogP contribution in [0.2, 0.25) is 0 Å². The zero-order chi connectivity index (χ0) is 12.2. The summed E-state index contributed by atoms with van der Waals surface area (Å²) in [6.45, 7) is 0.889. The first-order chi connectivity index (χ1) is 7.42. The molecule has 0 aliphatic rings.